The van der Waals surface area contributed by atoms with Crippen molar-refractivity contribution in [2.24, 2.45) is 40.4 Å². The minimum atomic E-state index is -0.544. The van der Waals surface area contributed by atoms with Gasteiger partial charge in [-0.3, -0.25) is 4.79 Å². The van der Waals surface area contributed by atoms with E-state index < -0.39 is 11.4 Å². The predicted molar refractivity (Wildman–Crippen MR) is 89.6 cm³/mol. The normalized spacial score (nSPS) is 48.6. The first-order valence-electron chi connectivity index (χ1n) is 9.52. The van der Waals surface area contributed by atoms with Crippen LogP contribution in [0.3, 0.4) is 0 Å². The van der Waals surface area contributed by atoms with Crippen molar-refractivity contribution in [3.05, 3.63) is 0 Å². The van der Waals surface area contributed by atoms with Gasteiger partial charge in [0.1, 0.15) is 0 Å². The number of aliphatic carboxylic acids is 1. The molecular weight excluding hydrogens is 272 g/mol. The lowest BCUT2D eigenvalue weighted by molar-refractivity contribution is -0.173. The molecule has 3 fully saturated rings. The van der Waals surface area contributed by atoms with Crippen molar-refractivity contribution >= 4 is 5.97 Å². The second-order valence-corrected chi connectivity index (χ2v) is 9.40. The van der Waals surface area contributed by atoms with Gasteiger partial charge in [0.25, 0.3) is 0 Å². The van der Waals surface area contributed by atoms with Gasteiger partial charge < -0.3 is 5.11 Å². The Labute approximate surface area is 136 Å². The highest BCUT2D eigenvalue weighted by molar-refractivity contribution is 5.75. The molecule has 0 amide bonds. The fourth-order valence-electron chi connectivity index (χ4n) is 6.73. The molecule has 0 aliphatic heterocycles. The topological polar surface area (TPSA) is 37.3 Å². The van der Waals surface area contributed by atoms with Crippen molar-refractivity contribution in [1.82, 2.24) is 0 Å². The zero-order chi connectivity index (χ0) is 16.1. The van der Waals surface area contributed by atoms with E-state index in [9.17, 15) is 9.90 Å². The van der Waals surface area contributed by atoms with E-state index in [1.54, 1.807) is 0 Å². The van der Waals surface area contributed by atoms with Gasteiger partial charge >= 0.3 is 5.97 Å². The van der Waals surface area contributed by atoms with Gasteiger partial charge in [-0.05, 0) is 86.9 Å². The number of carbonyl (C=O) groups is 1. The summed E-state index contributed by atoms with van der Waals surface area (Å²) in [6.45, 7) is 9.24. The fraction of sp³-hybridized carbons (Fsp3) is 0.950. The second kappa shape index (κ2) is 5.53. The maximum atomic E-state index is 12.0. The van der Waals surface area contributed by atoms with E-state index in [0.29, 0.717) is 5.92 Å². The number of rotatable bonds is 2. The van der Waals surface area contributed by atoms with Gasteiger partial charge in [0, 0.05) is 0 Å². The van der Waals surface area contributed by atoms with E-state index in [4.69, 9.17) is 0 Å². The van der Waals surface area contributed by atoms with Crippen LogP contribution in [-0.4, -0.2) is 11.1 Å². The third-order valence-electron chi connectivity index (χ3n) is 8.10. The van der Waals surface area contributed by atoms with Crippen molar-refractivity contribution in [2.45, 2.75) is 79.1 Å². The third-order valence-corrected chi connectivity index (χ3v) is 8.10. The Morgan fingerprint density at radius 1 is 1.09 bits per heavy atom. The molecule has 126 valence electrons. The maximum absolute atomic E-state index is 12.0. The van der Waals surface area contributed by atoms with E-state index in [1.807, 2.05) is 6.92 Å². The smallest absolute Gasteiger partial charge is 0.309 e. The quantitative estimate of drug-likeness (QED) is 0.745. The molecule has 3 aliphatic rings. The molecule has 0 aromatic carbocycles. The molecule has 22 heavy (non-hydrogen) atoms. The summed E-state index contributed by atoms with van der Waals surface area (Å²) in [4.78, 5) is 12.0. The summed E-state index contributed by atoms with van der Waals surface area (Å²) in [5.41, 5.74) is -0.205. The second-order valence-electron chi connectivity index (χ2n) is 9.40. The molecule has 3 rings (SSSR count). The lowest BCUT2D eigenvalue weighted by Crippen LogP contribution is -2.56. The van der Waals surface area contributed by atoms with E-state index in [-0.39, 0.29) is 5.41 Å². The molecule has 0 saturated heterocycles. The van der Waals surface area contributed by atoms with Gasteiger partial charge in [-0.25, -0.2) is 0 Å². The van der Waals surface area contributed by atoms with E-state index in [1.165, 1.54) is 32.1 Å². The van der Waals surface area contributed by atoms with Crippen LogP contribution in [0.5, 0.6) is 0 Å². The van der Waals surface area contributed by atoms with E-state index in [0.717, 1.165) is 42.9 Å². The van der Waals surface area contributed by atoms with Gasteiger partial charge in [0.05, 0.1) is 5.41 Å². The monoisotopic (exact) mass is 306 g/mol. The number of fused-ring (bicyclic) bond motifs is 3. The summed E-state index contributed by atoms with van der Waals surface area (Å²) in [5, 5.41) is 9.86. The summed E-state index contributed by atoms with van der Waals surface area (Å²) in [5.74, 6) is 3.19. The molecule has 3 saturated carbocycles. The van der Waals surface area contributed by atoms with Crippen molar-refractivity contribution in [2.75, 3.05) is 0 Å². The highest BCUT2D eigenvalue weighted by Crippen LogP contribution is 2.64. The highest BCUT2D eigenvalue weighted by atomic mass is 16.4. The van der Waals surface area contributed by atoms with E-state index in [2.05, 4.69) is 20.8 Å². The van der Waals surface area contributed by atoms with Crippen molar-refractivity contribution < 1.29 is 9.90 Å². The molecule has 0 bridgehead atoms. The van der Waals surface area contributed by atoms with Gasteiger partial charge in [-0.15, -0.1) is 0 Å². The highest BCUT2D eigenvalue weighted by Gasteiger charge is 2.59. The SMILES string of the molecule is CC(C)C1CC[C@@H]2C(CCC3[C@]2(C)CCC[C@]3(C)C(=O)O)C1. The standard InChI is InChI=1S/C20H34O2/c1-13(2)14-6-8-16-15(12-14)7-9-17-19(16,3)10-5-11-20(17,4)18(21)22/h13-17H,5-12H2,1-4H3,(H,21,22)/t14?,15?,16-,17?,19-,20+/m1/s1. The average molecular weight is 306 g/mol. The lowest BCUT2D eigenvalue weighted by atomic mass is 9.43. The predicted octanol–water partition coefficient (Wildman–Crippen LogP) is 5.37. The van der Waals surface area contributed by atoms with Crippen LogP contribution < -0.4 is 0 Å². The van der Waals surface area contributed by atoms with Crippen LogP contribution in [0.1, 0.15) is 79.1 Å². The van der Waals surface area contributed by atoms with Crippen LogP contribution in [-0.2, 0) is 4.79 Å². The minimum Gasteiger partial charge on any atom is -0.481 e. The van der Waals surface area contributed by atoms with E-state index >= 15 is 0 Å². The molecule has 3 aliphatic carbocycles. The number of carboxylic acids is 1. The van der Waals surface area contributed by atoms with Gasteiger partial charge in [0.15, 0.2) is 0 Å². The van der Waals surface area contributed by atoms with Crippen LogP contribution in [0.15, 0.2) is 0 Å². The summed E-state index contributed by atoms with van der Waals surface area (Å²) in [7, 11) is 0. The summed E-state index contributed by atoms with van der Waals surface area (Å²) in [6.07, 6.45) is 9.77. The zero-order valence-corrected chi connectivity index (χ0v) is 14.9. The summed E-state index contributed by atoms with van der Waals surface area (Å²) < 4.78 is 0. The molecule has 2 nitrogen and oxygen atoms in total. The van der Waals surface area contributed by atoms with Gasteiger partial charge in [-0.1, -0.05) is 27.2 Å². The van der Waals surface area contributed by atoms with Crippen LogP contribution in [0, 0.1) is 40.4 Å². The Balaban J connectivity index is 1.86. The maximum Gasteiger partial charge on any atom is 0.309 e. The first-order chi connectivity index (χ1) is 10.3. The van der Waals surface area contributed by atoms with Crippen LogP contribution in [0.2, 0.25) is 0 Å². The molecule has 0 aromatic heterocycles. The number of carboxylic acid groups (broad SMARTS) is 1. The Morgan fingerprint density at radius 3 is 2.45 bits per heavy atom. The number of hydrogen-bond acceptors (Lipinski definition) is 1. The van der Waals surface area contributed by atoms with Crippen molar-refractivity contribution in [1.29, 1.82) is 0 Å². The first-order valence-corrected chi connectivity index (χ1v) is 9.52. The van der Waals surface area contributed by atoms with Crippen molar-refractivity contribution in [3.63, 3.8) is 0 Å². The van der Waals surface area contributed by atoms with Crippen LogP contribution in [0.4, 0.5) is 0 Å². The van der Waals surface area contributed by atoms with Gasteiger partial charge in [-0.2, -0.15) is 0 Å². The molecule has 0 aromatic rings. The molecule has 0 radical (unpaired) electrons. The summed E-state index contributed by atoms with van der Waals surface area (Å²) in [6, 6.07) is 0. The Kier molecular flexibility index (Phi) is 4.10. The average Bonchev–Trinajstić information content (AvgIpc) is 2.46. The largest absolute Gasteiger partial charge is 0.481 e. The molecule has 6 atom stereocenters. The lowest BCUT2D eigenvalue weighted by Gasteiger charge is -2.60. The third kappa shape index (κ3) is 2.32. The Hall–Kier alpha value is -0.530. The Bertz CT molecular complexity index is 443. The molecule has 1 N–H and O–H groups in total. The van der Waals surface area contributed by atoms with Gasteiger partial charge in [0.2, 0.25) is 0 Å². The Morgan fingerprint density at radius 2 is 1.82 bits per heavy atom. The zero-order valence-electron chi connectivity index (χ0n) is 14.9. The number of hydrogen-bond donors (Lipinski definition) is 1. The minimum absolute atomic E-state index is 0.274. The first kappa shape index (κ1) is 16.3. The molecule has 0 spiro atoms. The fourth-order valence-corrected chi connectivity index (χ4v) is 6.73. The van der Waals surface area contributed by atoms with Crippen LogP contribution in [0.25, 0.3) is 0 Å². The summed E-state index contributed by atoms with van der Waals surface area (Å²) >= 11 is 0. The van der Waals surface area contributed by atoms with Crippen LogP contribution >= 0.6 is 0 Å². The molecule has 0 heterocycles. The molecular formula is C20H34O2. The molecule has 2 heteroatoms. The van der Waals surface area contributed by atoms with Crippen molar-refractivity contribution in [3.8, 4) is 0 Å². The molecule has 3 unspecified atom stereocenters.